The Hall–Kier alpha value is -1.38. The average molecular weight is 498 g/mol. The van der Waals surface area contributed by atoms with Gasteiger partial charge in [0.15, 0.2) is 0 Å². The van der Waals surface area contributed by atoms with Crippen LogP contribution in [0.15, 0.2) is 68.5 Å². The fraction of sp³-hybridized carbons (Fsp3) is 0.308. The van der Waals surface area contributed by atoms with Crippen molar-refractivity contribution in [3.05, 3.63) is 96.9 Å². The van der Waals surface area contributed by atoms with E-state index in [0.717, 1.165) is 11.1 Å². The second-order valence-electron chi connectivity index (χ2n) is 8.76. The molecule has 2 aliphatic carbocycles. The van der Waals surface area contributed by atoms with E-state index in [9.17, 15) is 8.78 Å². The molecule has 4 rings (SSSR count). The van der Waals surface area contributed by atoms with Crippen LogP contribution in [-0.2, 0) is 20.4 Å². The fourth-order valence-corrected chi connectivity index (χ4v) is 24.7. The third-order valence-corrected chi connectivity index (χ3v) is 25.5. The fourth-order valence-electron chi connectivity index (χ4n) is 5.06. The third-order valence-electron chi connectivity index (χ3n) is 6.93. The van der Waals surface area contributed by atoms with E-state index < -0.39 is 37.4 Å². The SMILES string of the molecule is CC1=C(C)C(C)[C]([Zr]([CH]2C=C(c3ccc(F)c(F)c3)c3ccccc32)=[Si](C)C)=C1C. The van der Waals surface area contributed by atoms with Gasteiger partial charge in [0.1, 0.15) is 0 Å². The van der Waals surface area contributed by atoms with Crippen molar-refractivity contribution in [2.24, 2.45) is 5.92 Å². The molecule has 0 spiro atoms. The third kappa shape index (κ3) is 3.50. The van der Waals surface area contributed by atoms with Gasteiger partial charge in [0, 0.05) is 0 Å². The minimum absolute atomic E-state index is 0.460. The van der Waals surface area contributed by atoms with Crippen LogP contribution in [0.1, 0.15) is 48.0 Å². The van der Waals surface area contributed by atoms with Crippen molar-refractivity contribution in [2.75, 3.05) is 0 Å². The zero-order valence-electron chi connectivity index (χ0n) is 18.5. The van der Waals surface area contributed by atoms with E-state index >= 15 is 0 Å². The van der Waals surface area contributed by atoms with Crippen LogP contribution >= 0.6 is 0 Å². The van der Waals surface area contributed by atoms with Crippen LogP contribution in [-0.4, -0.2) is 5.43 Å². The van der Waals surface area contributed by atoms with Crippen molar-refractivity contribution in [2.45, 2.75) is 44.4 Å². The Balaban J connectivity index is 1.91. The van der Waals surface area contributed by atoms with E-state index in [1.54, 1.807) is 9.35 Å². The summed E-state index contributed by atoms with van der Waals surface area (Å²) in [5, 5.41) is 0. The zero-order chi connectivity index (χ0) is 21.7. The van der Waals surface area contributed by atoms with Crippen LogP contribution in [0.5, 0.6) is 0 Å². The first-order valence-corrected chi connectivity index (χ1v) is 19.4. The molecule has 0 saturated heterocycles. The first kappa shape index (κ1) is 21.8. The molecule has 0 saturated carbocycles. The number of allylic oxidation sites excluding steroid dienone is 5. The van der Waals surface area contributed by atoms with Gasteiger partial charge in [-0.3, -0.25) is 0 Å². The minimum atomic E-state index is -2.07. The van der Waals surface area contributed by atoms with Crippen LogP contribution in [0, 0.1) is 17.6 Å². The number of rotatable bonds is 3. The van der Waals surface area contributed by atoms with Crippen LogP contribution in [0.4, 0.5) is 8.78 Å². The summed E-state index contributed by atoms with van der Waals surface area (Å²) in [5.41, 5.74) is 8.51. The molecule has 0 aliphatic heterocycles. The molecule has 2 unspecified atom stereocenters. The van der Waals surface area contributed by atoms with Gasteiger partial charge in [0.25, 0.3) is 0 Å². The molecule has 2 aliphatic rings. The summed E-state index contributed by atoms with van der Waals surface area (Å²) >= 11 is -2.07. The van der Waals surface area contributed by atoms with Crippen LogP contribution in [0.2, 0.25) is 13.1 Å². The Labute approximate surface area is 186 Å². The topological polar surface area (TPSA) is 0 Å². The van der Waals surface area contributed by atoms with Gasteiger partial charge in [0.2, 0.25) is 0 Å². The number of hydrogen-bond donors (Lipinski definition) is 0. The van der Waals surface area contributed by atoms with Gasteiger partial charge in [0.05, 0.1) is 0 Å². The van der Waals surface area contributed by atoms with Crippen LogP contribution < -0.4 is 0 Å². The van der Waals surface area contributed by atoms with Gasteiger partial charge in [-0.15, -0.1) is 0 Å². The van der Waals surface area contributed by atoms with Crippen LogP contribution in [0.25, 0.3) is 5.57 Å². The Kier molecular flexibility index (Phi) is 6.03. The maximum atomic E-state index is 14.0. The molecule has 0 N–H and O–H groups in total. The van der Waals surface area contributed by atoms with Gasteiger partial charge in [-0.1, -0.05) is 0 Å². The first-order valence-electron chi connectivity index (χ1n) is 10.5. The van der Waals surface area contributed by atoms with E-state index in [2.05, 4.69) is 71.1 Å². The molecule has 4 heteroatoms. The Morgan fingerprint density at radius 2 is 1.60 bits per heavy atom. The van der Waals surface area contributed by atoms with Crippen molar-refractivity contribution < 1.29 is 29.1 Å². The standard InChI is InChI=1S/C15H9F2.C9H13.C2H6Si.Zr/c16-14-8-6-11(9-15(14)17)13-7-5-10-3-1-2-4-12(10)13;1-6-5-7(2)9(4)8(6)3;1-3-2;/h1-9H;6H,1-4H3;1-2H3;. The second kappa shape index (κ2) is 8.28. The van der Waals surface area contributed by atoms with Crippen molar-refractivity contribution in [1.82, 2.24) is 0 Å². The predicted molar refractivity (Wildman–Crippen MR) is 120 cm³/mol. The predicted octanol–water partition coefficient (Wildman–Crippen LogP) is 7.58. The zero-order valence-corrected chi connectivity index (χ0v) is 22.0. The van der Waals surface area contributed by atoms with Gasteiger partial charge < -0.3 is 0 Å². The average Bonchev–Trinajstić information content (AvgIpc) is 3.18. The van der Waals surface area contributed by atoms with Crippen molar-refractivity contribution in [3.8, 4) is 0 Å². The van der Waals surface area contributed by atoms with Gasteiger partial charge in [-0.25, -0.2) is 0 Å². The number of hydrogen-bond acceptors (Lipinski definition) is 0. The maximum absolute atomic E-state index is 14.0. The summed E-state index contributed by atoms with van der Waals surface area (Å²) in [6.07, 6.45) is 2.40. The van der Waals surface area contributed by atoms with Crippen molar-refractivity contribution in [3.63, 3.8) is 0 Å². The van der Waals surface area contributed by atoms with Gasteiger partial charge in [-0.2, -0.15) is 0 Å². The summed E-state index contributed by atoms with van der Waals surface area (Å²) in [4.78, 5) is 0. The molecule has 0 amide bonds. The molecule has 2 atom stereocenters. The molecule has 0 nitrogen and oxygen atoms in total. The molecule has 0 radical (unpaired) electrons. The van der Waals surface area contributed by atoms with Crippen LogP contribution in [0.3, 0.4) is 0 Å². The molecule has 154 valence electrons. The summed E-state index contributed by atoms with van der Waals surface area (Å²) < 4.78 is 29.8. The van der Waals surface area contributed by atoms with E-state index in [-0.39, 0.29) is 0 Å². The molecule has 0 fully saturated rings. The molecular weight excluding hydrogens is 470 g/mol. The summed E-state index contributed by atoms with van der Waals surface area (Å²) in [6, 6.07) is 12.9. The summed E-state index contributed by atoms with van der Waals surface area (Å²) in [5.74, 6) is -1.02. The summed E-state index contributed by atoms with van der Waals surface area (Å²) in [6.45, 7) is 14.3. The number of benzene rings is 2. The second-order valence-corrected chi connectivity index (χ2v) is 26.2. The molecule has 0 heterocycles. The Bertz CT molecular complexity index is 1180. The first-order chi connectivity index (χ1) is 14.2. The van der Waals surface area contributed by atoms with E-state index in [1.165, 1.54) is 40.0 Å². The normalized spacial score (nSPS) is 20.6. The molecule has 0 aromatic heterocycles. The van der Waals surface area contributed by atoms with Gasteiger partial charge in [-0.05, 0) is 0 Å². The molecule has 0 bridgehead atoms. The summed E-state index contributed by atoms with van der Waals surface area (Å²) in [7, 11) is 0. The molecule has 2 aromatic carbocycles. The monoisotopic (exact) mass is 496 g/mol. The quantitative estimate of drug-likeness (QED) is 0.383. The number of halogens is 2. The molecule has 2 aromatic rings. The van der Waals surface area contributed by atoms with Crippen molar-refractivity contribution >= 4 is 11.0 Å². The molecule has 30 heavy (non-hydrogen) atoms. The van der Waals surface area contributed by atoms with Crippen molar-refractivity contribution in [1.29, 1.82) is 0 Å². The Morgan fingerprint density at radius 3 is 2.20 bits per heavy atom. The van der Waals surface area contributed by atoms with E-state index in [1.807, 2.05) is 0 Å². The number of fused-ring (bicyclic) bond motifs is 1. The van der Waals surface area contributed by atoms with E-state index in [4.69, 9.17) is 0 Å². The van der Waals surface area contributed by atoms with Gasteiger partial charge >= 0.3 is 187 Å². The van der Waals surface area contributed by atoms with E-state index in [0.29, 0.717) is 9.54 Å². The molecular formula is C26H28F2SiZr. The Morgan fingerprint density at radius 1 is 0.900 bits per heavy atom.